The van der Waals surface area contributed by atoms with Crippen LogP contribution in [-0.4, -0.2) is 50.0 Å². The van der Waals surface area contributed by atoms with E-state index in [1.54, 1.807) is 57.2 Å². The molecular formula is C41H40F3N5O5. The highest BCUT2D eigenvalue weighted by molar-refractivity contribution is 6.03. The molecule has 54 heavy (non-hydrogen) atoms. The Morgan fingerprint density at radius 3 is 2.20 bits per heavy atom. The van der Waals surface area contributed by atoms with Crippen LogP contribution in [0.4, 0.5) is 28.4 Å². The number of carboxylic acid groups (broad SMARTS) is 1. The minimum Gasteiger partial charge on any atom is -0.465 e. The van der Waals surface area contributed by atoms with Gasteiger partial charge in [-0.3, -0.25) is 9.69 Å². The van der Waals surface area contributed by atoms with Crippen LogP contribution in [-0.2, 0) is 17.5 Å². The largest absolute Gasteiger partial charge is 0.465 e. The van der Waals surface area contributed by atoms with Crippen LogP contribution < -0.4 is 10.6 Å². The van der Waals surface area contributed by atoms with Gasteiger partial charge in [0.05, 0.1) is 11.7 Å². The number of nitrogens with zero attached hydrogens (tertiary/aromatic N) is 3. The molecule has 0 bridgehead atoms. The van der Waals surface area contributed by atoms with Crippen molar-refractivity contribution in [1.29, 1.82) is 0 Å². The van der Waals surface area contributed by atoms with Crippen LogP contribution in [0.25, 0.3) is 16.8 Å². The molecule has 1 aromatic heterocycles. The Labute approximate surface area is 310 Å². The van der Waals surface area contributed by atoms with Gasteiger partial charge < -0.3 is 20.5 Å². The molecule has 5 aromatic rings. The van der Waals surface area contributed by atoms with Crippen LogP contribution >= 0.6 is 0 Å². The van der Waals surface area contributed by atoms with E-state index in [1.165, 1.54) is 17.0 Å². The molecule has 0 aliphatic heterocycles. The first kappa shape index (κ1) is 37.6. The van der Waals surface area contributed by atoms with Crippen LogP contribution in [0.3, 0.4) is 0 Å². The quantitative estimate of drug-likeness (QED) is 0.124. The molecule has 1 heterocycles. The lowest BCUT2D eigenvalue weighted by Crippen LogP contribution is -2.36. The number of aromatic nitrogens is 2. The standard InChI is InChI=1S/C41H40F3N5O5/c1-40(2,3)54-38(51)45-24-27-9-7-14-33(21-27)49-34(23-35(47-49)41(42,43)44)37(50)46-32-13-8-12-31(22-32)36(48(39(52)53)25-26-15-16-26)30-19-17-29(18-20-30)28-10-5-4-6-11-28/h4-14,17-23,26,36H,15-16,24-25H2,1-3H3,(H,45,51)(H,46,50)(H,52,53). The maximum atomic E-state index is 13.9. The van der Waals surface area contributed by atoms with Gasteiger partial charge in [-0.15, -0.1) is 0 Å². The Hall–Kier alpha value is -6.11. The lowest BCUT2D eigenvalue weighted by Gasteiger charge is -2.31. The lowest BCUT2D eigenvalue weighted by atomic mass is 9.94. The van der Waals surface area contributed by atoms with E-state index in [0.29, 0.717) is 23.7 Å². The number of ether oxygens (including phenoxy) is 1. The molecule has 4 aromatic carbocycles. The van der Waals surface area contributed by atoms with Gasteiger partial charge in [0.15, 0.2) is 5.69 Å². The van der Waals surface area contributed by atoms with E-state index >= 15 is 0 Å². The second-order valence-electron chi connectivity index (χ2n) is 14.2. The average molecular weight is 740 g/mol. The van der Waals surface area contributed by atoms with Crippen LogP contribution in [0.1, 0.15) is 72.5 Å². The van der Waals surface area contributed by atoms with Crippen molar-refractivity contribution < 1.29 is 37.4 Å². The van der Waals surface area contributed by atoms with Crippen LogP contribution in [0, 0.1) is 5.92 Å². The zero-order valence-corrected chi connectivity index (χ0v) is 29.9. The van der Waals surface area contributed by atoms with Crippen LogP contribution in [0.2, 0.25) is 0 Å². The summed E-state index contributed by atoms with van der Waals surface area (Å²) >= 11 is 0. The molecule has 1 aliphatic rings. The summed E-state index contributed by atoms with van der Waals surface area (Å²) in [5.74, 6) is -0.631. The molecule has 1 atom stereocenters. The fourth-order valence-corrected chi connectivity index (χ4v) is 6.06. The number of benzene rings is 4. The predicted octanol–water partition coefficient (Wildman–Crippen LogP) is 9.31. The molecule has 1 aliphatic carbocycles. The van der Waals surface area contributed by atoms with E-state index in [-0.39, 0.29) is 29.5 Å². The smallest absolute Gasteiger partial charge is 0.435 e. The summed E-state index contributed by atoms with van der Waals surface area (Å²) < 4.78 is 48.0. The Kier molecular flexibility index (Phi) is 10.8. The zero-order chi connectivity index (χ0) is 38.6. The van der Waals surface area contributed by atoms with Crippen molar-refractivity contribution in [1.82, 2.24) is 20.0 Å². The van der Waals surface area contributed by atoms with Gasteiger partial charge >= 0.3 is 18.4 Å². The molecule has 3 amide bonds. The minimum absolute atomic E-state index is 0.00866. The first-order chi connectivity index (χ1) is 25.6. The monoisotopic (exact) mass is 739 g/mol. The molecule has 0 saturated heterocycles. The molecule has 0 spiro atoms. The molecule has 0 radical (unpaired) electrons. The highest BCUT2D eigenvalue weighted by Crippen LogP contribution is 2.37. The Bertz CT molecular complexity index is 2120. The average Bonchev–Trinajstić information content (AvgIpc) is 3.83. The Morgan fingerprint density at radius 2 is 1.56 bits per heavy atom. The van der Waals surface area contributed by atoms with Gasteiger partial charge in [-0.1, -0.05) is 78.9 Å². The van der Waals surface area contributed by atoms with Gasteiger partial charge in [-0.05, 0) is 91.6 Å². The van der Waals surface area contributed by atoms with E-state index in [4.69, 9.17) is 4.74 Å². The van der Waals surface area contributed by atoms with Crippen molar-refractivity contribution in [3.05, 3.63) is 137 Å². The zero-order valence-electron chi connectivity index (χ0n) is 29.9. The number of nitrogens with one attached hydrogen (secondary N) is 2. The minimum atomic E-state index is -4.85. The second kappa shape index (κ2) is 15.5. The normalized spacial score (nSPS) is 13.5. The molecule has 13 heteroatoms. The number of carbonyl (C=O) groups is 3. The number of anilines is 1. The fourth-order valence-electron chi connectivity index (χ4n) is 6.06. The van der Waals surface area contributed by atoms with E-state index in [0.717, 1.165) is 34.2 Å². The highest BCUT2D eigenvalue weighted by Gasteiger charge is 2.37. The fraction of sp³-hybridized carbons (Fsp3) is 0.268. The summed E-state index contributed by atoms with van der Waals surface area (Å²) in [6.07, 6.45) is -4.76. The number of hydrogen-bond acceptors (Lipinski definition) is 5. The lowest BCUT2D eigenvalue weighted by molar-refractivity contribution is -0.141. The van der Waals surface area contributed by atoms with Crippen LogP contribution in [0.5, 0.6) is 0 Å². The third-order valence-corrected chi connectivity index (χ3v) is 8.73. The maximum absolute atomic E-state index is 13.9. The number of alkyl halides is 3. The van der Waals surface area contributed by atoms with Crippen molar-refractivity contribution in [3.63, 3.8) is 0 Å². The second-order valence-corrected chi connectivity index (χ2v) is 14.2. The molecule has 3 N–H and O–H groups in total. The van der Waals surface area contributed by atoms with Gasteiger partial charge in [-0.25, -0.2) is 14.3 Å². The highest BCUT2D eigenvalue weighted by atomic mass is 19.4. The third-order valence-electron chi connectivity index (χ3n) is 8.73. The summed E-state index contributed by atoms with van der Waals surface area (Å²) in [6.45, 7) is 5.48. The van der Waals surface area contributed by atoms with Crippen molar-refractivity contribution in [3.8, 4) is 16.8 Å². The number of alkyl carbamates (subject to hydrolysis) is 1. The number of amides is 3. The molecule has 280 valence electrons. The van der Waals surface area contributed by atoms with E-state index < -0.39 is 41.6 Å². The first-order valence-corrected chi connectivity index (χ1v) is 17.4. The first-order valence-electron chi connectivity index (χ1n) is 17.4. The number of hydrogen-bond donors (Lipinski definition) is 3. The summed E-state index contributed by atoms with van der Waals surface area (Å²) in [5.41, 5.74) is 1.80. The number of carbonyl (C=O) groups excluding carboxylic acids is 2. The van der Waals surface area contributed by atoms with E-state index in [2.05, 4.69) is 15.7 Å². The van der Waals surface area contributed by atoms with Gasteiger partial charge in [0.2, 0.25) is 0 Å². The van der Waals surface area contributed by atoms with Crippen molar-refractivity contribution in [2.24, 2.45) is 5.92 Å². The SMILES string of the molecule is CC(C)(C)OC(=O)NCc1cccc(-n2nc(C(F)(F)F)cc2C(=O)Nc2cccc(C(c3ccc(-c4ccccc4)cc3)N(CC3CC3)C(=O)O)c2)c1. The molecule has 1 fully saturated rings. The summed E-state index contributed by atoms with van der Waals surface area (Å²) in [4.78, 5) is 40.1. The number of halogens is 3. The molecule has 1 saturated carbocycles. The molecule has 1 unspecified atom stereocenters. The third kappa shape index (κ3) is 9.46. The summed E-state index contributed by atoms with van der Waals surface area (Å²) in [5, 5.41) is 19.4. The van der Waals surface area contributed by atoms with Gasteiger partial charge in [-0.2, -0.15) is 18.3 Å². The van der Waals surface area contributed by atoms with Crippen molar-refractivity contribution >= 4 is 23.8 Å². The molecule has 10 nitrogen and oxygen atoms in total. The van der Waals surface area contributed by atoms with Gasteiger partial charge in [0.25, 0.3) is 5.91 Å². The predicted molar refractivity (Wildman–Crippen MR) is 197 cm³/mol. The summed E-state index contributed by atoms with van der Waals surface area (Å²) in [6, 6.07) is 30.2. The topological polar surface area (TPSA) is 126 Å². The molecular weight excluding hydrogens is 699 g/mol. The van der Waals surface area contributed by atoms with E-state index in [1.807, 2.05) is 54.6 Å². The van der Waals surface area contributed by atoms with E-state index in [9.17, 15) is 32.7 Å². The van der Waals surface area contributed by atoms with Crippen molar-refractivity contribution in [2.45, 2.75) is 58.0 Å². The summed E-state index contributed by atoms with van der Waals surface area (Å²) in [7, 11) is 0. The Morgan fingerprint density at radius 1 is 0.870 bits per heavy atom. The number of rotatable bonds is 11. The van der Waals surface area contributed by atoms with Gasteiger partial charge in [0.1, 0.15) is 11.3 Å². The van der Waals surface area contributed by atoms with Gasteiger partial charge in [0, 0.05) is 24.8 Å². The maximum Gasteiger partial charge on any atom is 0.435 e. The molecule has 6 rings (SSSR count). The Balaban J connectivity index is 1.30. The van der Waals surface area contributed by atoms with Crippen LogP contribution in [0.15, 0.2) is 109 Å². The van der Waals surface area contributed by atoms with Crippen molar-refractivity contribution in [2.75, 3.05) is 11.9 Å².